The van der Waals surface area contributed by atoms with Crippen LogP contribution in [0.25, 0.3) is 0 Å². The van der Waals surface area contributed by atoms with Gasteiger partial charge in [-0.3, -0.25) is 0 Å². The van der Waals surface area contributed by atoms with Crippen molar-refractivity contribution in [3.8, 4) is 0 Å². The third-order valence-corrected chi connectivity index (χ3v) is 4.85. The Kier molecular flexibility index (Phi) is 5.70. The van der Waals surface area contributed by atoms with Crippen LogP contribution in [-0.4, -0.2) is 31.3 Å². The molecule has 2 N–H and O–H groups in total. The first kappa shape index (κ1) is 15.6. The predicted octanol–water partition coefficient (Wildman–Crippen LogP) is 2.93. The number of rotatable bonds is 4. The van der Waals surface area contributed by atoms with Crippen molar-refractivity contribution < 1.29 is 9.53 Å². The van der Waals surface area contributed by atoms with Crippen LogP contribution in [0, 0.1) is 17.8 Å². The van der Waals surface area contributed by atoms with Gasteiger partial charge in [-0.25, -0.2) is 4.79 Å². The molecule has 0 aromatic rings. The van der Waals surface area contributed by atoms with E-state index in [0.29, 0.717) is 30.3 Å². The largest absolute Gasteiger partial charge is 0.376 e. The van der Waals surface area contributed by atoms with E-state index >= 15 is 0 Å². The van der Waals surface area contributed by atoms with E-state index in [1.54, 1.807) is 0 Å². The van der Waals surface area contributed by atoms with Crippen LogP contribution in [0.5, 0.6) is 0 Å². The van der Waals surface area contributed by atoms with Gasteiger partial charge in [0, 0.05) is 19.2 Å². The van der Waals surface area contributed by atoms with Gasteiger partial charge < -0.3 is 15.4 Å². The average Bonchev–Trinajstić information content (AvgIpc) is 2.89. The number of carbonyl (C=O) groups excluding carboxylic acids is 1. The average molecular weight is 282 g/mol. The molecule has 4 nitrogen and oxygen atoms in total. The van der Waals surface area contributed by atoms with Gasteiger partial charge in [0.1, 0.15) is 0 Å². The van der Waals surface area contributed by atoms with Crippen molar-refractivity contribution in [2.45, 2.75) is 65.0 Å². The number of urea groups is 1. The summed E-state index contributed by atoms with van der Waals surface area (Å²) < 4.78 is 5.53. The number of amides is 2. The number of carbonyl (C=O) groups is 1. The summed E-state index contributed by atoms with van der Waals surface area (Å²) in [5, 5.41) is 6.17. The Balaban J connectivity index is 1.77. The Morgan fingerprint density at radius 1 is 1.30 bits per heavy atom. The molecule has 2 aliphatic rings. The van der Waals surface area contributed by atoms with Crippen molar-refractivity contribution >= 4 is 6.03 Å². The zero-order chi connectivity index (χ0) is 14.5. The van der Waals surface area contributed by atoms with Crippen molar-refractivity contribution in [1.82, 2.24) is 10.6 Å². The standard InChI is InChI=1S/C16H30N2O2/c1-11(2)14-7-6-12(3)9-15(14)18-16(19)17-10-13-5-4-8-20-13/h11-15H,4-10H2,1-3H3,(H2,17,18,19)/t12-,13+,14-,15-/m1/s1. The lowest BCUT2D eigenvalue weighted by Crippen LogP contribution is -2.50. The fourth-order valence-electron chi connectivity index (χ4n) is 3.60. The molecule has 20 heavy (non-hydrogen) atoms. The lowest BCUT2D eigenvalue weighted by atomic mass is 9.74. The summed E-state index contributed by atoms with van der Waals surface area (Å²) >= 11 is 0. The van der Waals surface area contributed by atoms with Crippen LogP contribution in [0.4, 0.5) is 4.79 Å². The Morgan fingerprint density at radius 3 is 2.75 bits per heavy atom. The summed E-state index contributed by atoms with van der Waals surface area (Å²) in [4.78, 5) is 12.1. The van der Waals surface area contributed by atoms with Crippen LogP contribution < -0.4 is 10.6 Å². The summed E-state index contributed by atoms with van der Waals surface area (Å²) in [6.07, 6.45) is 6.02. The maximum Gasteiger partial charge on any atom is 0.315 e. The second-order valence-corrected chi connectivity index (χ2v) is 6.92. The van der Waals surface area contributed by atoms with Gasteiger partial charge in [-0.15, -0.1) is 0 Å². The fourth-order valence-corrected chi connectivity index (χ4v) is 3.60. The van der Waals surface area contributed by atoms with Gasteiger partial charge in [-0.2, -0.15) is 0 Å². The van der Waals surface area contributed by atoms with Crippen molar-refractivity contribution in [1.29, 1.82) is 0 Å². The highest BCUT2D eigenvalue weighted by Crippen LogP contribution is 2.33. The molecule has 1 aliphatic carbocycles. The van der Waals surface area contributed by atoms with E-state index in [9.17, 15) is 4.79 Å². The molecule has 4 heteroatoms. The highest BCUT2D eigenvalue weighted by molar-refractivity contribution is 5.74. The third-order valence-electron chi connectivity index (χ3n) is 4.85. The van der Waals surface area contributed by atoms with Gasteiger partial charge in [0.05, 0.1) is 6.10 Å². The lowest BCUT2D eigenvalue weighted by molar-refractivity contribution is 0.110. The Bertz CT molecular complexity index is 314. The van der Waals surface area contributed by atoms with E-state index in [1.807, 2.05) is 0 Å². The third kappa shape index (κ3) is 4.37. The SMILES string of the molecule is CC(C)[C@H]1CC[C@@H](C)C[C@H]1NC(=O)NC[C@@H]1CCCO1. The summed E-state index contributed by atoms with van der Waals surface area (Å²) in [6, 6.07) is 0.300. The highest BCUT2D eigenvalue weighted by atomic mass is 16.5. The zero-order valence-corrected chi connectivity index (χ0v) is 13.2. The minimum absolute atomic E-state index is 0.0229. The predicted molar refractivity (Wildman–Crippen MR) is 80.6 cm³/mol. The Hall–Kier alpha value is -0.770. The second kappa shape index (κ2) is 7.30. The monoisotopic (exact) mass is 282 g/mol. The van der Waals surface area contributed by atoms with Gasteiger partial charge >= 0.3 is 6.03 Å². The molecule has 0 radical (unpaired) electrons. The molecule has 0 bridgehead atoms. The first-order valence-corrected chi connectivity index (χ1v) is 8.22. The molecule has 1 heterocycles. The molecule has 0 aromatic carbocycles. The van der Waals surface area contributed by atoms with Crippen LogP contribution in [0.2, 0.25) is 0 Å². The van der Waals surface area contributed by atoms with E-state index < -0.39 is 0 Å². The topological polar surface area (TPSA) is 50.4 Å². The molecule has 1 saturated heterocycles. The molecule has 2 rings (SSSR count). The van der Waals surface area contributed by atoms with Crippen molar-refractivity contribution in [3.63, 3.8) is 0 Å². The molecule has 2 fully saturated rings. The Labute approximate surface area is 123 Å². The second-order valence-electron chi connectivity index (χ2n) is 6.92. The van der Waals surface area contributed by atoms with Crippen LogP contribution in [0.1, 0.15) is 52.9 Å². The maximum absolute atomic E-state index is 12.1. The molecule has 1 saturated carbocycles. The number of nitrogens with one attached hydrogen (secondary N) is 2. The van der Waals surface area contributed by atoms with Crippen molar-refractivity contribution in [2.24, 2.45) is 17.8 Å². The van der Waals surface area contributed by atoms with Crippen molar-refractivity contribution in [3.05, 3.63) is 0 Å². The molecule has 0 unspecified atom stereocenters. The molecular formula is C16H30N2O2. The Morgan fingerprint density at radius 2 is 2.10 bits per heavy atom. The van der Waals surface area contributed by atoms with Gasteiger partial charge in [0.2, 0.25) is 0 Å². The van der Waals surface area contributed by atoms with Gasteiger partial charge in [-0.05, 0) is 43.4 Å². The van der Waals surface area contributed by atoms with Gasteiger partial charge in [-0.1, -0.05) is 27.2 Å². The van der Waals surface area contributed by atoms with E-state index in [2.05, 4.69) is 31.4 Å². The lowest BCUT2D eigenvalue weighted by Gasteiger charge is -2.37. The van der Waals surface area contributed by atoms with Crippen LogP contribution in [-0.2, 0) is 4.74 Å². The fraction of sp³-hybridized carbons (Fsp3) is 0.938. The first-order valence-electron chi connectivity index (χ1n) is 8.22. The molecule has 0 spiro atoms. The van der Waals surface area contributed by atoms with Gasteiger partial charge in [0.25, 0.3) is 0 Å². The summed E-state index contributed by atoms with van der Waals surface area (Å²) in [6.45, 7) is 8.29. The number of ether oxygens (including phenoxy) is 1. The maximum atomic E-state index is 12.1. The zero-order valence-electron chi connectivity index (χ0n) is 13.2. The number of hydrogen-bond donors (Lipinski definition) is 2. The normalized spacial score (nSPS) is 34.2. The van der Waals surface area contributed by atoms with E-state index in [1.165, 1.54) is 12.8 Å². The summed E-state index contributed by atoms with van der Waals surface area (Å²) in [7, 11) is 0. The molecule has 2 amide bonds. The molecular weight excluding hydrogens is 252 g/mol. The van der Waals surface area contributed by atoms with Gasteiger partial charge in [0.15, 0.2) is 0 Å². The quantitative estimate of drug-likeness (QED) is 0.833. The van der Waals surface area contributed by atoms with E-state index in [4.69, 9.17) is 4.74 Å². The molecule has 4 atom stereocenters. The highest BCUT2D eigenvalue weighted by Gasteiger charge is 2.31. The first-order chi connectivity index (χ1) is 9.56. The molecule has 1 aliphatic heterocycles. The van der Waals surface area contributed by atoms with Crippen molar-refractivity contribution in [2.75, 3.05) is 13.2 Å². The minimum atomic E-state index is -0.0229. The summed E-state index contributed by atoms with van der Waals surface area (Å²) in [5.41, 5.74) is 0. The minimum Gasteiger partial charge on any atom is -0.376 e. The molecule has 116 valence electrons. The van der Waals surface area contributed by atoms with Crippen LogP contribution in [0.3, 0.4) is 0 Å². The molecule has 0 aromatic heterocycles. The van der Waals surface area contributed by atoms with Crippen LogP contribution in [0.15, 0.2) is 0 Å². The van der Waals surface area contributed by atoms with E-state index in [-0.39, 0.29) is 12.1 Å². The smallest absolute Gasteiger partial charge is 0.315 e. The van der Waals surface area contributed by atoms with E-state index in [0.717, 1.165) is 25.9 Å². The summed E-state index contributed by atoms with van der Waals surface area (Å²) in [5.74, 6) is 1.96. The van der Waals surface area contributed by atoms with Crippen LogP contribution >= 0.6 is 0 Å². The number of hydrogen-bond acceptors (Lipinski definition) is 2.